The highest BCUT2D eigenvalue weighted by Crippen LogP contribution is 2.31. The minimum Gasteiger partial charge on any atom is -0.337 e. The van der Waals surface area contributed by atoms with Crippen LogP contribution in [0.4, 0.5) is 0 Å². The third kappa shape index (κ3) is 16.9. The predicted molar refractivity (Wildman–Crippen MR) is 163 cm³/mol. The van der Waals surface area contributed by atoms with Gasteiger partial charge >= 0.3 is 11.9 Å². The molecule has 248 valence electrons. The first-order chi connectivity index (χ1) is 20.2. The first-order valence-electron chi connectivity index (χ1n) is 16.8. The fourth-order valence-electron chi connectivity index (χ4n) is 4.55. The molecule has 42 heavy (non-hydrogen) atoms. The topological polar surface area (TPSA) is 107 Å². The third-order valence-corrected chi connectivity index (χ3v) is 7.75. The Kier molecular flexibility index (Phi) is 23.9. The number of Topliss-reactive ketones (excluding diaryl/α,β-unsaturated/α-hetero) is 1. The average molecular weight is 603 g/mol. The van der Waals surface area contributed by atoms with Crippen molar-refractivity contribution >= 4 is 17.7 Å². The molecule has 0 amide bonds. The zero-order valence-corrected chi connectivity index (χ0v) is 28.0. The van der Waals surface area contributed by atoms with E-state index in [2.05, 4.69) is 0 Å². The second-order valence-electron chi connectivity index (χ2n) is 11.1. The van der Waals surface area contributed by atoms with Gasteiger partial charge < -0.3 is 9.47 Å². The molecule has 0 aliphatic heterocycles. The van der Waals surface area contributed by atoms with Gasteiger partial charge in [0.25, 0.3) is 5.79 Å². The summed E-state index contributed by atoms with van der Waals surface area (Å²) in [6, 6.07) is 0. The highest BCUT2D eigenvalue weighted by Gasteiger charge is 2.46. The fraction of sp³-hybridized carbons (Fsp3) is 0.909. The molecule has 0 spiro atoms. The minimum atomic E-state index is -1.59. The predicted octanol–water partition coefficient (Wildman–Crippen LogP) is 8.50. The minimum absolute atomic E-state index is 0.0669. The van der Waals surface area contributed by atoms with Gasteiger partial charge in [-0.1, -0.05) is 61.8 Å². The lowest BCUT2D eigenvalue weighted by atomic mass is 10.0. The first-order valence-corrected chi connectivity index (χ1v) is 16.8. The summed E-state index contributed by atoms with van der Waals surface area (Å²) in [5.41, 5.74) is 0. The standard InChI is InChI=1S/C33H62O9/c1-9-27(10-2)37-33(38-28(11-3)12-4,32(36)42-40-30(15-7)16-8)25-21-20-23-26(34)22-18-17-19-24-31(35)41-39-29(13-5)14-6/h27-30H,9-25H2,1-8H3. The van der Waals surface area contributed by atoms with Crippen LogP contribution in [0.2, 0.25) is 0 Å². The van der Waals surface area contributed by atoms with Crippen molar-refractivity contribution in [3.05, 3.63) is 0 Å². The summed E-state index contributed by atoms with van der Waals surface area (Å²) in [4.78, 5) is 58.7. The van der Waals surface area contributed by atoms with Crippen molar-refractivity contribution in [2.24, 2.45) is 0 Å². The summed E-state index contributed by atoms with van der Waals surface area (Å²) in [5, 5.41) is 0. The van der Waals surface area contributed by atoms with Gasteiger partial charge in [0.15, 0.2) is 0 Å². The molecule has 0 saturated heterocycles. The van der Waals surface area contributed by atoms with Crippen molar-refractivity contribution in [3.8, 4) is 0 Å². The van der Waals surface area contributed by atoms with Crippen molar-refractivity contribution in [3.63, 3.8) is 0 Å². The van der Waals surface area contributed by atoms with Crippen LogP contribution in [0.25, 0.3) is 0 Å². The summed E-state index contributed by atoms with van der Waals surface area (Å²) >= 11 is 0. The molecule has 0 saturated carbocycles. The maximum Gasteiger partial charge on any atom is 0.401 e. The zero-order chi connectivity index (χ0) is 31.8. The van der Waals surface area contributed by atoms with Crippen molar-refractivity contribution in [1.29, 1.82) is 0 Å². The molecule has 0 atom stereocenters. The fourth-order valence-corrected chi connectivity index (χ4v) is 4.55. The number of rotatable bonds is 28. The largest absolute Gasteiger partial charge is 0.401 e. The molecule has 9 nitrogen and oxygen atoms in total. The van der Waals surface area contributed by atoms with E-state index in [1.807, 2.05) is 55.4 Å². The van der Waals surface area contributed by atoms with Gasteiger partial charge in [0.1, 0.15) is 18.0 Å². The molecular weight excluding hydrogens is 540 g/mol. The molecule has 0 unspecified atom stereocenters. The van der Waals surface area contributed by atoms with E-state index in [-0.39, 0.29) is 49.0 Å². The number of unbranched alkanes of at least 4 members (excludes halogenated alkanes) is 3. The van der Waals surface area contributed by atoms with Crippen LogP contribution in [0.3, 0.4) is 0 Å². The molecule has 0 heterocycles. The van der Waals surface area contributed by atoms with E-state index in [4.69, 9.17) is 29.0 Å². The number of hydrogen-bond donors (Lipinski definition) is 0. The normalized spacial score (nSPS) is 12.1. The van der Waals surface area contributed by atoms with Gasteiger partial charge in [0.05, 0.1) is 12.2 Å². The molecule has 0 fully saturated rings. The van der Waals surface area contributed by atoms with Crippen molar-refractivity contribution in [2.45, 2.75) is 195 Å². The molecule has 0 aliphatic carbocycles. The molecule has 0 bridgehead atoms. The van der Waals surface area contributed by atoms with E-state index in [1.54, 1.807) is 0 Å². The highest BCUT2D eigenvalue weighted by molar-refractivity contribution is 5.78. The van der Waals surface area contributed by atoms with E-state index in [1.165, 1.54) is 0 Å². The second-order valence-corrected chi connectivity index (χ2v) is 11.1. The van der Waals surface area contributed by atoms with E-state index >= 15 is 0 Å². The van der Waals surface area contributed by atoms with Gasteiger partial charge in [-0.25, -0.2) is 9.59 Å². The monoisotopic (exact) mass is 602 g/mol. The molecule has 0 rings (SSSR count). The van der Waals surface area contributed by atoms with Crippen LogP contribution in [0, 0.1) is 0 Å². The second kappa shape index (κ2) is 24.8. The summed E-state index contributed by atoms with van der Waals surface area (Å²) in [6.07, 6.45) is 10.1. The Balaban J connectivity index is 4.98. The van der Waals surface area contributed by atoms with Gasteiger partial charge in [-0.2, -0.15) is 9.78 Å². The lowest BCUT2D eigenvalue weighted by Gasteiger charge is -2.36. The lowest BCUT2D eigenvalue weighted by Crippen LogP contribution is -2.50. The van der Waals surface area contributed by atoms with Gasteiger partial charge in [0, 0.05) is 25.7 Å². The molecule has 0 N–H and O–H groups in total. The number of ketones is 1. The van der Waals surface area contributed by atoms with Crippen molar-refractivity contribution in [1.82, 2.24) is 0 Å². The molecule has 0 radical (unpaired) electrons. The zero-order valence-electron chi connectivity index (χ0n) is 28.0. The Labute approximate surface area is 255 Å². The van der Waals surface area contributed by atoms with Crippen LogP contribution in [0.5, 0.6) is 0 Å². The number of hydrogen-bond acceptors (Lipinski definition) is 9. The van der Waals surface area contributed by atoms with Crippen LogP contribution in [-0.2, 0) is 43.4 Å². The van der Waals surface area contributed by atoms with Gasteiger partial charge in [-0.3, -0.25) is 14.6 Å². The maximum atomic E-state index is 13.5. The molecular formula is C33H62O9. The highest BCUT2D eigenvalue weighted by atomic mass is 17.2. The van der Waals surface area contributed by atoms with E-state index in [9.17, 15) is 14.4 Å². The Morgan fingerprint density at radius 3 is 1.36 bits per heavy atom. The van der Waals surface area contributed by atoms with E-state index < -0.39 is 11.8 Å². The van der Waals surface area contributed by atoms with E-state index in [0.717, 1.165) is 64.2 Å². The van der Waals surface area contributed by atoms with Crippen LogP contribution in [-0.4, -0.2) is 47.9 Å². The van der Waals surface area contributed by atoms with Gasteiger partial charge in [0.2, 0.25) is 0 Å². The molecule has 9 heteroatoms. The van der Waals surface area contributed by atoms with Gasteiger partial charge in [-0.15, -0.1) is 0 Å². The first kappa shape index (κ1) is 40.5. The summed E-state index contributed by atoms with van der Waals surface area (Å²) in [7, 11) is 0. The third-order valence-electron chi connectivity index (χ3n) is 7.75. The Bertz CT molecular complexity index is 682. The van der Waals surface area contributed by atoms with Crippen LogP contribution >= 0.6 is 0 Å². The average Bonchev–Trinajstić information content (AvgIpc) is 3.00. The number of carbonyl (C=O) groups excluding carboxylic acids is 3. The molecule has 0 aromatic heterocycles. The lowest BCUT2D eigenvalue weighted by molar-refractivity contribution is -0.345. The summed E-state index contributed by atoms with van der Waals surface area (Å²) in [6.45, 7) is 16.0. The molecule has 0 aromatic rings. The summed E-state index contributed by atoms with van der Waals surface area (Å²) in [5.74, 6) is -2.45. The smallest absolute Gasteiger partial charge is 0.337 e. The Hall–Kier alpha value is -1.55. The van der Waals surface area contributed by atoms with Crippen LogP contribution < -0.4 is 0 Å². The van der Waals surface area contributed by atoms with Crippen LogP contribution in [0.15, 0.2) is 0 Å². The number of carbonyl (C=O) groups is 3. The van der Waals surface area contributed by atoms with Crippen LogP contribution in [0.1, 0.15) is 165 Å². The quantitative estimate of drug-likeness (QED) is 0.0377. The van der Waals surface area contributed by atoms with E-state index in [0.29, 0.717) is 32.1 Å². The molecule has 0 aliphatic rings. The van der Waals surface area contributed by atoms with Crippen molar-refractivity contribution < 1.29 is 43.4 Å². The maximum absolute atomic E-state index is 13.5. The SMILES string of the molecule is CCC(CC)OOC(=O)CCCCCC(=O)CCCCC(OC(CC)CC)(OC(CC)CC)C(=O)OOC(CC)CC. The summed E-state index contributed by atoms with van der Waals surface area (Å²) < 4.78 is 12.8. The Morgan fingerprint density at radius 1 is 0.500 bits per heavy atom. The van der Waals surface area contributed by atoms with Gasteiger partial charge in [-0.05, 0) is 77.0 Å². The van der Waals surface area contributed by atoms with Crippen molar-refractivity contribution in [2.75, 3.05) is 0 Å². The Morgan fingerprint density at radius 2 is 0.905 bits per heavy atom. The number of ether oxygens (including phenoxy) is 2. The molecule has 0 aromatic carbocycles.